The molecule has 0 spiro atoms. The number of aryl methyl sites for hydroxylation is 1. The summed E-state index contributed by atoms with van der Waals surface area (Å²) in [5.74, 6) is 0.900. The van der Waals surface area contributed by atoms with Crippen LogP contribution < -0.4 is 10.6 Å². The molecule has 5 aromatic rings. The number of nitrogens with one attached hydrogen (secondary N) is 2. The van der Waals surface area contributed by atoms with E-state index in [0.29, 0.717) is 42.6 Å². The summed E-state index contributed by atoms with van der Waals surface area (Å²) < 4.78 is 38.9. The highest BCUT2D eigenvalue weighted by Crippen LogP contribution is 2.29. The fraction of sp³-hybridized carbons (Fsp3) is 0.333. The molecule has 6 rings (SSSR count). The molecule has 3 heterocycles. The lowest BCUT2D eigenvalue weighted by Gasteiger charge is -2.31. The van der Waals surface area contributed by atoms with Crippen LogP contribution in [0.1, 0.15) is 61.7 Å². The Hall–Kier alpha value is -4.39. The van der Waals surface area contributed by atoms with Gasteiger partial charge in [-0.15, -0.1) is 0 Å². The van der Waals surface area contributed by atoms with E-state index in [4.69, 9.17) is 5.10 Å². The summed E-state index contributed by atoms with van der Waals surface area (Å²) in [6, 6.07) is 27.1. The zero-order valence-corrected chi connectivity index (χ0v) is 29.3. The average molecular weight is 684 g/mol. The number of hydrogen-bond donors (Lipinski definition) is 2. The maximum atomic E-state index is 13.5. The number of benzene rings is 3. The van der Waals surface area contributed by atoms with Crippen LogP contribution in [-0.4, -0.2) is 50.4 Å². The van der Waals surface area contributed by atoms with Crippen LogP contribution in [0, 0.1) is 12.8 Å². The number of anilines is 2. The summed E-state index contributed by atoms with van der Waals surface area (Å²) in [6.07, 6.45) is 2.70. The van der Waals surface area contributed by atoms with Gasteiger partial charge in [-0.3, -0.25) is 5.32 Å². The normalized spacial score (nSPS) is 14.6. The van der Waals surface area contributed by atoms with Gasteiger partial charge in [0.15, 0.2) is 0 Å². The van der Waals surface area contributed by atoms with Crippen LogP contribution >= 0.6 is 11.7 Å². The minimum Gasteiger partial charge on any atom is -0.308 e. The average Bonchev–Trinajstić information content (AvgIpc) is 3.70. The van der Waals surface area contributed by atoms with Gasteiger partial charge in [-0.25, -0.2) is 17.9 Å². The van der Waals surface area contributed by atoms with Crippen molar-refractivity contribution < 1.29 is 13.2 Å². The SMILES string of the molecule is Cc1ccc(-n2nc(C(C)(C)C)cc2NC(=O)Nc2cccc(CC3CCN(S(=O)(=O)c4nsnc4Cc4ccccc4)CC3)c2)cc1. The van der Waals surface area contributed by atoms with Gasteiger partial charge in [0.05, 0.1) is 28.8 Å². The van der Waals surface area contributed by atoms with E-state index in [9.17, 15) is 13.2 Å². The summed E-state index contributed by atoms with van der Waals surface area (Å²) in [5, 5.41) is 10.8. The number of amides is 2. The first-order chi connectivity index (χ1) is 23.0. The highest BCUT2D eigenvalue weighted by atomic mass is 32.2. The Morgan fingerprint density at radius 2 is 1.60 bits per heavy atom. The third kappa shape index (κ3) is 7.83. The van der Waals surface area contributed by atoms with Gasteiger partial charge in [-0.05, 0) is 67.5 Å². The second-order valence-corrected chi connectivity index (χ2v) is 15.8. The van der Waals surface area contributed by atoms with Crippen LogP contribution in [0.4, 0.5) is 16.3 Å². The number of urea groups is 1. The summed E-state index contributed by atoms with van der Waals surface area (Å²) in [6.45, 7) is 9.17. The summed E-state index contributed by atoms with van der Waals surface area (Å²) >= 11 is 0.942. The van der Waals surface area contributed by atoms with Crippen molar-refractivity contribution >= 4 is 39.3 Å². The predicted molar refractivity (Wildman–Crippen MR) is 190 cm³/mol. The minimum absolute atomic E-state index is 0.0726. The smallest absolute Gasteiger partial charge is 0.308 e. The first-order valence-electron chi connectivity index (χ1n) is 16.2. The number of carbonyl (C=O) groups is 1. The van der Waals surface area contributed by atoms with Crippen molar-refractivity contribution in [2.45, 2.75) is 63.8 Å². The molecule has 0 atom stereocenters. The standard InChI is InChI=1S/C36H41N7O3S2/c1-25-13-15-30(16-14-25)43-33(24-32(39-43)36(2,3)4)38-35(44)37-29-12-8-11-28(22-29)21-27-17-19-42(20-18-27)48(45,46)34-31(40-47-41-34)23-26-9-6-5-7-10-26/h5-16,22,24,27H,17-21,23H2,1-4H3,(H2,37,38,44). The highest BCUT2D eigenvalue weighted by Gasteiger charge is 2.33. The molecule has 48 heavy (non-hydrogen) atoms. The quantitative estimate of drug-likeness (QED) is 0.169. The Kier molecular flexibility index (Phi) is 9.77. The van der Waals surface area contributed by atoms with E-state index in [1.165, 1.54) is 0 Å². The first-order valence-corrected chi connectivity index (χ1v) is 18.3. The van der Waals surface area contributed by atoms with Crippen molar-refractivity contribution in [2.24, 2.45) is 5.92 Å². The summed E-state index contributed by atoms with van der Waals surface area (Å²) in [7, 11) is -3.73. The number of hydrogen-bond acceptors (Lipinski definition) is 7. The molecule has 1 fully saturated rings. The predicted octanol–water partition coefficient (Wildman–Crippen LogP) is 7.21. The van der Waals surface area contributed by atoms with Crippen molar-refractivity contribution in [1.29, 1.82) is 0 Å². The van der Waals surface area contributed by atoms with E-state index >= 15 is 0 Å². The van der Waals surface area contributed by atoms with Crippen LogP contribution in [0.2, 0.25) is 0 Å². The van der Waals surface area contributed by atoms with Gasteiger partial charge in [-0.1, -0.05) is 80.9 Å². The lowest BCUT2D eigenvalue weighted by Crippen LogP contribution is -2.39. The van der Waals surface area contributed by atoms with E-state index in [0.717, 1.165) is 59.1 Å². The van der Waals surface area contributed by atoms with Gasteiger partial charge >= 0.3 is 6.03 Å². The van der Waals surface area contributed by atoms with Gasteiger partial charge in [-0.2, -0.15) is 18.2 Å². The molecule has 2 amide bonds. The molecular formula is C36H41N7O3S2. The van der Waals surface area contributed by atoms with Crippen molar-refractivity contribution in [3.63, 3.8) is 0 Å². The van der Waals surface area contributed by atoms with Crippen molar-refractivity contribution in [2.75, 3.05) is 23.7 Å². The number of carbonyl (C=O) groups excluding carboxylic acids is 1. The maximum absolute atomic E-state index is 13.5. The third-order valence-electron chi connectivity index (χ3n) is 8.60. The van der Waals surface area contributed by atoms with Crippen molar-refractivity contribution in [3.05, 3.63) is 113 Å². The molecule has 0 bridgehead atoms. The van der Waals surface area contributed by atoms with Gasteiger partial charge < -0.3 is 5.32 Å². The molecule has 1 aliphatic heterocycles. The van der Waals surface area contributed by atoms with E-state index in [1.54, 1.807) is 8.99 Å². The lowest BCUT2D eigenvalue weighted by atomic mass is 9.91. The Bertz CT molecular complexity index is 1970. The van der Waals surface area contributed by atoms with E-state index < -0.39 is 10.0 Å². The summed E-state index contributed by atoms with van der Waals surface area (Å²) in [4.78, 5) is 13.2. The number of rotatable bonds is 9. The maximum Gasteiger partial charge on any atom is 0.324 e. The molecule has 10 nitrogen and oxygen atoms in total. The van der Waals surface area contributed by atoms with E-state index in [1.807, 2.05) is 91.9 Å². The molecule has 250 valence electrons. The van der Waals surface area contributed by atoms with Gasteiger partial charge in [0.2, 0.25) is 5.03 Å². The number of piperidine rings is 1. The fourth-order valence-electron chi connectivity index (χ4n) is 5.88. The van der Waals surface area contributed by atoms with Crippen LogP contribution in [-0.2, 0) is 28.3 Å². The molecule has 3 aromatic carbocycles. The highest BCUT2D eigenvalue weighted by molar-refractivity contribution is 7.89. The molecule has 0 unspecified atom stereocenters. The van der Waals surface area contributed by atoms with Crippen molar-refractivity contribution in [1.82, 2.24) is 22.8 Å². The molecule has 1 aliphatic rings. The fourth-order valence-corrected chi connectivity index (χ4v) is 8.23. The molecule has 1 saturated heterocycles. The monoisotopic (exact) mass is 683 g/mol. The van der Waals surface area contributed by atoms with E-state index in [-0.39, 0.29) is 16.5 Å². The molecular weight excluding hydrogens is 643 g/mol. The molecule has 2 N–H and O–H groups in total. The lowest BCUT2D eigenvalue weighted by molar-refractivity contribution is 0.262. The van der Waals surface area contributed by atoms with Gasteiger partial charge in [0, 0.05) is 36.7 Å². The van der Waals surface area contributed by atoms with Crippen LogP contribution in [0.5, 0.6) is 0 Å². The minimum atomic E-state index is -3.73. The first kappa shape index (κ1) is 33.5. The zero-order valence-electron chi connectivity index (χ0n) is 27.7. The molecule has 2 aromatic heterocycles. The molecule has 0 aliphatic carbocycles. The second-order valence-electron chi connectivity index (χ2n) is 13.4. The number of aromatic nitrogens is 4. The Labute approximate surface area is 286 Å². The Morgan fingerprint density at radius 3 is 2.31 bits per heavy atom. The number of sulfonamides is 1. The third-order valence-corrected chi connectivity index (χ3v) is 11.1. The zero-order chi connectivity index (χ0) is 33.9. The topological polar surface area (TPSA) is 122 Å². The van der Waals surface area contributed by atoms with Gasteiger partial charge in [0.25, 0.3) is 10.0 Å². The largest absolute Gasteiger partial charge is 0.324 e. The Balaban J connectivity index is 1.07. The van der Waals surface area contributed by atoms with Crippen LogP contribution in [0.15, 0.2) is 90.0 Å². The van der Waals surface area contributed by atoms with Gasteiger partial charge in [0.1, 0.15) is 5.82 Å². The van der Waals surface area contributed by atoms with Crippen LogP contribution in [0.25, 0.3) is 5.69 Å². The van der Waals surface area contributed by atoms with Crippen molar-refractivity contribution in [3.8, 4) is 5.69 Å². The van der Waals surface area contributed by atoms with Crippen LogP contribution in [0.3, 0.4) is 0 Å². The summed E-state index contributed by atoms with van der Waals surface area (Å²) in [5.41, 5.74) is 5.95. The van der Waals surface area contributed by atoms with E-state index in [2.05, 4.69) is 40.2 Å². The number of nitrogens with zero attached hydrogens (tertiary/aromatic N) is 5. The molecule has 0 saturated carbocycles. The second kappa shape index (κ2) is 14.0. The molecule has 0 radical (unpaired) electrons. The Morgan fingerprint density at radius 1 is 0.896 bits per heavy atom. The molecule has 12 heteroatoms.